The maximum Gasteiger partial charge on any atom is 0.253 e. The summed E-state index contributed by atoms with van der Waals surface area (Å²) >= 11 is 0. The van der Waals surface area contributed by atoms with E-state index in [2.05, 4.69) is 10.0 Å². The van der Waals surface area contributed by atoms with Gasteiger partial charge in [-0.3, -0.25) is 4.79 Å². The minimum Gasteiger partial charge on any atom is -0.348 e. The van der Waals surface area contributed by atoms with Crippen LogP contribution in [0, 0.1) is 19.7 Å². The van der Waals surface area contributed by atoms with E-state index < -0.39 is 10.0 Å². The number of rotatable bonds is 6. The lowest BCUT2D eigenvalue weighted by Gasteiger charge is -2.11. The third kappa shape index (κ3) is 4.23. The van der Waals surface area contributed by atoms with Crippen molar-refractivity contribution in [3.8, 4) is 5.69 Å². The Morgan fingerprint density at radius 1 is 1.07 bits per heavy atom. The molecule has 0 saturated heterocycles. The van der Waals surface area contributed by atoms with Crippen molar-refractivity contribution >= 4 is 15.9 Å². The first-order valence-electron chi connectivity index (χ1n) is 8.99. The van der Waals surface area contributed by atoms with Crippen molar-refractivity contribution in [3.63, 3.8) is 0 Å². The number of hydrogen-bond acceptors (Lipinski definition) is 3. The van der Waals surface area contributed by atoms with E-state index in [9.17, 15) is 17.6 Å². The van der Waals surface area contributed by atoms with Crippen molar-refractivity contribution in [1.82, 2.24) is 14.6 Å². The summed E-state index contributed by atoms with van der Waals surface area (Å²) in [4.78, 5) is 12.8. The van der Waals surface area contributed by atoms with Crippen LogP contribution in [0.2, 0.25) is 0 Å². The molecule has 0 saturated carbocycles. The summed E-state index contributed by atoms with van der Waals surface area (Å²) in [6.07, 6.45) is 0. The van der Waals surface area contributed by atoms with E-state index in [0.717, 1.165) is 5.69 Å². The number of carbonyl (C=O) groups excluding carboxylic acids is 1. The van der Waals surface area contributed by atoms with E-state index in [-0.39, 0.29) is 23.2 Å². The second kappa shape index (κ2) is 8.18. The number of nitrogens with one attached hydrogen (secondary N) is 2. The summed E-state index contributed by atoms with van der Waals surface area (Å²) in [5, 5.41) is 2.80. The van der Waals surface area contributed by atoms with Crippen LogP contribution in [0.5, 0.6) is 0 Å². The fraction of sp³-hybridized carbons (Fsp3) is 0.190. The monoisotopic (exact) mass is 415 g/mol. The molecule has 1 aromatic heterocycles. The molecule has 6 nitrogen and oxygen atoms in total. The van der Waals surface area contributed by atoms with Crippen LogP contribution in [0.4, 0.5) is 4.39 Å². The van der Waals surface area contributed by atoms with Gasteiger partial charge in [-0.05, 0) is 56.8 Å². The molecule has 0 aliphatic carbocycles. The molecule has 1 amide bonds. The molecule has 0 atom stereocenters. The lowest BCUT2D eigenvalue weighted by atomic mass is 10.2. The molecule has 0 radical (unpaired) electrons. The topological polar surface area (TPSA) is 80.2 Å². The molecule has 1 heterocycles. The van der Waals surface area contributed by atoms with E-state index in [1.165, 1.54) is 25.2 Å². The Morgan fingerprint density at radius 2 is 1.79 bits per heavy atom. The van der Waals surface area contributed by atoms with Gasteiger partial charge in [0.15, 0.2) is 0 Å². The number of carbonyl (C=O) groups is 1. The molecule has 0 aliphatic rings. The summed E-state index contributed by atoms with van der Waals surface area (Å²) in [6.45, 7) is 3.73. The summed E-state index contributed by atoms with van der Waals surface area (Å²) in [6, 6.07) is 14.4. The van der Waals surface area contributed by atoms with Crippen molar-refractivity contribution in [2.75, 3.05) is 7.05 Å². The molecular formula is C21H22FN3O3S. The summed E-state index contributed by atoms with van der Waals surface area (Å²) in [7, 11) is -2.21. The zero-order chi connectivity index (χ0) is 21.2. The number of sulfonamides is 1. The number of aromatic nitrogens is 1. The molecule has 0 bridgehead atoms. The molecule has 3 aromatic rings. The van der Waals surface area contributed by atoms with Gasteiger partial charge in [0.2, 0.25) is 10.0 Å². The van der Waals surface area contributed by atoms with Crippen LogP contribution in [0.15, 0.2) is 59.5 Å². The summed E-state index contributed by atoms with van der Waals surface area (Å²) < 4.78 is 42.0. The molecule has 3 rings (SSSR count). The van der Waals surface area contributed by atoms with Crippen molar-refractivity contribution in [1.29, 1.82) is 0 Å². The Morgan fingerprint density at radius 3 is 2.48 bits per heavy atom. The Bertz CT molecular complexity index is 1170. The standard InChI is InChI=1S/C21H22FN3O3S/c1-14-11-18(15(2)25(14)20-10-5-4-9-19(20)22)21(26)24-13-16-7-6-8-17(12-16)29(27,28)23-3/h4-12,23H,13H2,1-3H3,(H,24,26). The van der Waals surface area contributed by atoms with Gasteiger partial charge in [0.1, 0.15) is 5.82 Å². The highest BCUT2D eigenvalue weighted by Gasteiger charge is 2.18. The van der Waals surface area contributed by atoms with E-state index >= 15 is 0 Å². The van der Waals surface area contributed by atoms with E-state index in [1.807, 2.05) is 6.92 Å². The van der Waals surface area contributed by atoms with Gasteiger partial charge in [-0.25, -0.2) is 17.5 Å². The molecule has 8 heteroatoms. The second-order valence-electron chi connectivity index (χ2n) is 6.61. The number of halogens is 1. The molecule has 0 aliphatic heterocycles. The number of para-hydroxylation sites is 1. The van der Waals surface area contributed by atoms with E-state index in [4.69, 9.17) is 0 Å². The number of benzene rings is 2. The first-order valence-corrected chi connectivity index (χ1v) is 10.5. The van der Waals surface area contributed by atoms with Crippen LogP contribution in [0.25, 0.3) is 5.69 Å². The SMILES string of the molecule is CNS(=O)(=O)c1cccc(CNC(=O)c2cc(C)n(-c3ccccc3F)c2C)c1. The zero-order valence-corrected chi connectivity index (χ0v) is 17.2. The predicted molar refractivity (Wildman–Crippen MR) is 109 cm³/mol. The largest absolute Gasteiger partial charge is 0.348 e. The third-order valence-electron chi connectivity index (χ3n) is 4.70. The number of amides is 1. The first-order chi connectivity index (χ1) is 13.7. The van der Waals surface area contributed by atoms with Crippen LogP contribution in [0.3, 0.4) is 0 Å². The normalized spacial score (nSPS) is 11.4. The van der Waals surface area contributed by atoms with Crippen molar-refractivity contribution in [2.45, 2.75) is 25.3 Å². The fourth-order valence-corrected chi connectivity index (χ4v) is 4.01. The van der Waals surface area contributed by atoms with Crippen LogP contribution in [-0.4, -0.2) is 25.9 Å². The van der Waals surface area contributed by atoms with Gasteiger partial charge in [0, 0.05) is 17.9 Å². The Hall–Kier alpha value is -2.97. The lowest BCUT2D eigenvalue weighted by molar-refractivity contribution is 0.0950. The van der Waals surface area contributed by atoms with Crippen LogP contribution in [-0.2, 0) is 16.6 Å². The number of hydrogen-bond donors (Lipinski definition) is 2. The highest BCUT2D eigenvalue weighted by Crippen LogP contribution is 2.23. The van der Waals surface area contributed by atoms with Gasteiger partial charge in [-0.1, -0.05) is 24.3 Å². The van der Waals surface area contributed by atoms with Crippen molar-refractivity contribution in [3.05, 3.63) is 82.9 Å². The van der Waals surface area contributed by atoms with E-state index in [1.54, 1.807) is 47.9 Å². The Labute approximate surface area is 169 Å². The molecule has 2 aromatic carbocycles. The minimum absolute atomic E-state index is 0.129. The number of nitrogens with zero attached hydrogens (tertiary/aromatic N) is 1. The predicted octanol–water partition coefficient (Wildman–Crippen LogP) is 3.07. The molecule has 0 unspecified atom stereocenters. The highest BCUT2D eigenvalue weighted by atomic mass is 32.2. The first kappa shape index (κ1) is 20.8. The van der Waals surface area contributed by atoms with Crippen molar-refractivity contribution in [2.24, 2.45) is 0 Å². The zero-order valence-electron chi connectivity index (χ0n) is 16.4. The van der Waals surface area contributed by atoms with Crippen LogP contribution >= 0.6 is 0 Å². The second-order valence-corrected chi connectivity index (χ2v) is 8.50. The van der Waals surface area contributed by atoms with Gasteiger partial charge in [0.25, 0.3) is 5.91 Å². The molecule has 29 heavy (non-hydrogen) atoms. The highest BCUT2D eigenvalue weighted by molar-refractivity contribution is 7.89. The van der Waals surface area contributed by atoms with Gasteiger partial charge in [-0.2, -0.15) is 0 Å². The van der Waals surface area contributed by atoms with Gasteiger partial charge in [-0.15, -0.1) is 0 Å². The van der Waals surface area contributed by atoms with Crippen molar-refractivity contribution < 1.29 is 17.6 Å². The average molecular weight is 415 g/mol. The molecular weight excluding hydrogens is 393 g/mol. The summed E-state index contributed by atoms with van der Waals surface area (Å²) in [5.74, 6) is -0.689. The molecule has 152 valence electrons. The summed E-state index contributed by atoms with van der Waals surface area (Å²) in [5.41, 5.74) is 2.82. The lowest BCUT2D eigenvalue weighted by Crippen LogP contribution is -2.24. The third-order valence-corrected chi connectivity index (χ3v) is 6.11. The average Bonchev–Trinajstić information content (AvgIpc) is 3.01. The van der Waals surface area contributed by atoms with E-state index in [0.29, 0.717) is 22.5 Å². The molecule has 2 N–H and O–H groups in total. The molecule has 0 fully saturated rings. The fourth-order valence-electron chi connectivity index (χ4n) is 3.21. The molecule has 0 spiro atoms. The Balaban J connectivity index is 1.82. The maximum absolute atomic E-state index is 14.2. The minimum atomic E-state index is -3.56. The smallest absolute Gasteiger partial charge is 0.253 e. The van der Waals surface area contributed by atoms with Gasteiger partial charge >= 0.3 is 0 Å². The maximum atomic E-state index is 14.2. The van der Waals surface area contributed by atoms with Crippen LogP contribution in [0.1, 0.15) is 27.3 Å². The Kier molecular flexibility index (Phi) is 5.86. The van der Waals surface area contributed by atoms with Gasteiger partial charge in [0.05, 0.1) is 16.1 Å². The van der Waals surface area contributed by atoms with Gasteiger partial charge < -0.3 is 9.88 Å². The number of aryl methyl sites for hydroxylation is 1. The quantitative estimate of drug-likeness (QED) is 0.649. The van der Waals surface area contributed by atoms with Crippen LogP contribution < -0.4 is 10.0 Å².